The quantitative estimate of drug-likeness (QED) is 0.733. The van der Waals surface area contributed by atoms with Crippen LogP contribution in [0, 0.1) is 0 Å². The van der Waals surface area contributed by atoms with E-state index in [9.17, 15) is 13.2 Å². The van der Waals surface area contributed by atoms with Crippen molar-refractivity contribution in [2.75, 3.05) is 19.6 Å². The van der Waals surface area contributed by atoms with Crippen LogP contribution < -0.4 is 5.32 Å². The molecule has 0 unspecified atom stereocenters. The molecule has 7 nitrogen and oxygen atoms in total. The van der Waals surface area contributed by atoms with Gasteiger partial charge in [0.05, 0.1) is 0 Å². The molecular weight excluding hydrogens is 436 g/mol. The van der Waals surface area contributed by atoms with Crippen molar-refractivity contribution in [3.63, 3.8) is 0 Å². The van der Waals surface area contributed by atoms with Crippen molar-refractivity contribution in [3.8, 4) is 0 Å². The second-order valence-corrected chi connectivity index (χ2v) is 10.6. The molecule has 3 aliphatic heterocycles. The lowest BCUT2D eigenvalue weighted by Crippen LogP contribution is -2.45. The molecule has 3 aliphatic rings. The topological polar surface area (TPSA) is 82.1 Å². The summed E-state index contributed by atoms with van der Waals surface area (Å²) in [7, 11) is -3.71. The number of carbonyl (C=O) groups excluding carboxylic acids is 1. The summed E-state index contributed by atoms with van der Waals surface area (Å²) in [6, 6.07) is 14.7. The number of fused-ring (bicyclic) bond motifs is 1. The van der Waals surface area contributed by atoms with Gasteiger partial charge in [-0.1, -0.05) is 42.8 Å². The second-order valence-electron chi connectivity index (χ2n) is 9.06. The average molecular weight is 467 g/mol. The Morgan fingerprint density at radius 3 is 2.48 bits per heavy atom. The van der Waals surface area contributed by atoms with Crippen LogP contribution in [0.5, 0.6) is 0 Å². The molecule has 2 aromatic rings. The van der Waals surface area contributed by atoms with E-state index in [1.54, 1.807) is 24.3 Å². The predicted molar refractivity (Wildman–Crippen MR) is 127 cm³/mol. The molecule has 0 saturated carbocycles. The largest absolute Gasteiger partial charge is 0.350 e. The summed E-state index contributed by atoms with van der Waals surface area (Å²) in [6.07, 6.45) is 5.31. The van der Waals surface area contributed by atoms with Gasteiger partial charge in [0.2, 0.25) is 5.91 Å². The molecule has 1 atom stereocenters. The molecule has 0 spiro atoms. The zero-order chi connectivity index (χ0) is 22.8. The Bertz CT molecular complexity index is 1170. The van der Waals surface area contributed by atoms with E-state index in [0.717, 1.165) is 31.6 Å². The van der Waals surface area contributed by atoms with E-state index < -0.39 is 16.1 Å². The number of rotatable bonds is 5. The number of amidine groups is 1. The highest BCUT2D eigenvalue weighted by molar-refractivity contribution is 7.90. The lowest BCUT2D eigenvalue weighted by molar-refractivity contribution is -0.124. The second kappa shape index (κ2) is 9.27. The first-order chi connectivity index (χ1) is 16.0. The van der Waals surface area contributed by atoms with E-state index in [2.05, 4.69) is 32.8 Å². The van der Waals surface area contributed by atoms with Gasteiger partial charge in [-0.15, -0.1) is 4.40 Å². The third kappa shape index (κ3) is 4.54. The van der Waals surface area contributed by atoms with Crippen molar-refractivity contribution in [3.05, 3.63) is 65.2 Å². The third-order valence-electron chi connectivity index (χ3n) is 6.85. The molecule has 0 aromatic heterocycles. The molecule has 2 aromatic carbocycles. The number of benzene rings is 2. The molecule has 3 heterocycles. The number of nitrogens with zero attached hydrogens (tertiary/aromatic N) is 3. The Labute approximate surface area is 195 Å². The van der Waals surface area contributed by atoms with Crippen molar-refractivity contribution < 1.29 is 13.2 Å². The number of carbonyl (C=O) groups is 1. The maximum absolute atomic E-state index is 13.2. The van der Waals surface area contributed by atoms with Crippen molar-refractivity contribution in [1.29, 1.82) is 0 Å². The molecule has 0 radical (unpaired) electrons. The highest BCUT2D eigenvalue weighted by atomic mass is 32.2. The summed E-state index contributed by atoms with van der Waals surface area (Å²) in [4.78, 5) is 17.8. The van der Waals surface area contributed by atoms with Crippen LogP contribution in [0.4, 0.5) is 0 Å². The third-order valence-corrected chi connectivity index (χ3v) is 8.18. The zero-order valence-electron chi connectivity index (χ0n) is 18.7. The van der Waals surface area contributed by atoms with Gasteiger partial charge in [0, 0.05) is 25.2 Å². The van der Waals surface area contributed by atoms with E-state index in [4.69, 9.17) is 0 Å². The zero-order valence-corrected chi connectivity index (χ0v) is 19.6. The van der Waals surface area contributed by atoms with Gasteiger partial charge in [-0.2, -0.15) is 8.42 Å². The number of nitrogens with one attached hydrogen (secondary N) is 1. The number of hydrogen-bond acceptors (Lipinski definition) is 5. The Balaban J connectivity index is 1.28. The fourth-order valence-corrected chi connectivity index (χ4v) is 6.35. The minimum atomic E-state index is -3.71. The standard InChI is InChI=1S/C25H30N4O3S/c30-25(26-17-19-9-2-3-10-20(19)18-28-14-6-1-7-15-28)22-12-8-16-29(22)24-21-11-4-5-13-23(21)33(31,32)27-24/h2-5,9-11,13,22H,1,6-8,12,14-18H2,(H,26,30)/t22-/m0/s1. The summed E-state index contributed by atoms with van der Waals surface area (Å²) >= 11 is 0. The van der Waals surface area contributed by atoms with Crippen LogP contribution in [0.3, 0.4) is 0 Å². The minimum Gasteiger partial charge on any atom is -0.350 e. The smallest absolute Gasteiger partial charge is 0.285 e. The number of hydrogen-bond donors (Lipinski definition) is 1. The predicted octanol–water partition coefficient (Wildman–Crippen LogP) is 2.90. The number of sulfonamides is 1. The van der Waals surface area contributed by atoms with Gasteiger partial charge in [-0.25, -0.2) is 0 Å². The molecule has 0 aliphatic carbocycles. The Hall–Kier alpha value is -2.71. The Morgan fingerprint density at radius 1 is 0.939 bits per heavy atom. The van der Waals surface area contributed by atoms with E-state index >= 15 is 0 Å². The summed E-state index contributed by atoms with van der Waals surface area (Å²) < 4.78 is 29.0. The fourth-order valence-electron chi connectivity index (χ4n) is 5.13. The first kappa shape index (κ1) is 22.1. The van der Waals surface area contributed by atoms with Crippen LogP contribution in [-0.4, -0.2) is 55.6 Å². The Kier molecular flexibility index (Phi) is 6.21. The van der Waals surface area contributed by atoms with Gasteiger partial charge in [-0.3, -0.25) is 9.69 Å². The first-order valence-corrected chi connectivity index (χ1v) is 13.2. The number of piperidine rings is 1. The van der Waals surface area contributed by atoms with Gasteiger partial charge in [0.25, 0.3) is 10.0 Å². The molecule has 5 rings (SSSR count). The van der Waals surface area contributed by atoms with Gasteiger partial charge >= 0.3 is 0 Å². The van der Waals surface area contributed by atoms with E-state index in [1.165, 1.54) is 24.8 Å². The van der Waals surface area contributed by atoms with Gasteiger partial charge in [0.15, 0.2) is 5.84 Å². The monoisotopic (exact) mass is 466 g/mol. The Morgan fingerprint density at radius 2 is 1.67 bits per heavy atom. The van der Waals surface area contributed by atoms with E-state index in [0.29, 0.717) is 30.9 Å². The van der Waals surface area contributed by atoms with Crippen LogP contribution in [0.2, 0.25) is 0 Å². The molecule has 2 saturated heterocycles. The van der Waals surface area contributed by atoms with Gasteiger partial charge in [0.1, 0.15) is 10.9 Å². The first-order valence-electron chi connectivity index (χ1n) is 11.8. The van der Waals surface area contributed by atoms with E-state index in [1.807, 2.05) is 11.0 Å². The lowest BCUT2D eigenvalue weighted by Gasteiger charge is -2.28. The molecule has 2 fully saturated rings. The van der Waals surface area contributed by atoms with Crippen LogP contribution in [0.15, 0.2) is 57.8 Å². The number of amides is 1. The summed E-state index contributed by atoms with van der Waals surface area (Å²) in [5.74, 6) is 0.318. The highest BCUT2D eigenvalue weighted by Crippen LogP contribution is 2.31. The molecule has 1 amide bonds. The summed E-state index contributed by atoms with van der Waals surface area (Å²) in [5, 5.41) is 3.11. The average Bonchev–Trinajstić information content (AvgIpc) is 3.42. The molecule has 0 bridgehead atoms. The molecular formula is C25H30N4O3S. The van der Waals surface area contributed by atoms with Gasteiger partial charge < -0.3 is 10.2 Å². The van der Waals surface area contributed by atoms with Crippen molar-refractivity contribution in [1.82, 2.24) is 15.1 Å². The minimum absolute atomic E-state index is 0.0789. The highest BCUT2D eigenvalue weighted by Gasteiger charge is 2.39. The van der Waals surface area contributed by atoms with Gasteiger partial charge in [-0.05, 0) is 62.0 Å². The molecule has 174 valence electrons. The van der Waals surface area contributed by atoms with Crippen LogP contribution >= 0.6 is 0 Å². The lowest BCUT2D eigenvalue weighted by atomic mass is 10.0. The normalized spacial score (nSPS) is 22.1. The van der Waals surface area contributed by atoms with Crippen LogP contribution in [-0.2, 0) is 27.9 Å². The number of likely N-dealkylation sites (tertiary alicyclic amines) is 2. The summed E-state index contributed by atoms with van der Waals surface area (Å²) in [6.45, 7) is 4.25. The van der Waals surface area contributed by atoms with Crippen molar-refractivity contribution in [2.45, 2.75) is 56.1 Å². The van der Waals surface area contributed by atoms with Crippen LogP contribution in [0.1, 0.15) is 48.8 Å². The summed E-state index contributed by atoms with van der Waals surface area (Å²) in [5.41, 5.74) is 2.97. The molecule has 1 N–H and O–H groups in total. The fraction of sp³-hybridized carbons (Fsp3) is 0.440. The van der Waals surface area contributed by atoms with E-state index in [-0.39, 0.29) is 10.8 Å². The maximum Gasteiger partial charge on any atom is 0.285 e. The maximum atomic E-state index is 13.2. The van der Waals surface area contributed by atoms with Crippen LogP contribution in [0.25, 0.3) is 0 Å². The SMILES string of the molecule is O=C(NCc1ccccc1CN1CCCCC1)[C@@H]1CCCN1C1=NS(=O)(=O)c2ccccc21. The van der Waals surface area contributed by atoms with Crippen molar-refractivity contribution >= 4 is 21.8 Å². The molecule has 8 heteroatoms. The molecule has 33 heavy (non-hydrogen) atoms. The van der Waals surface area contributed by atoms with Crippen molar-refractivity contribution in [2.24, 2.45) is 4.40 Å².